The van der Waals surface area contributed by atoms with Gasteiger partial charge in [-0.2, -0.15) is 0 Å². The normalized spacial score (nSPS) is 15.7. The molecule has 0 aliphatic carbocycles. The van der Waals surface area contributed by atoms with Crippen molar-refractivity contribution in [3.8, 4) is 11.5 Å². The Hall–Kier alpha value is -1.22. The number of hydrogen-bond donors (Lipinski definition) is 0. The first-order valence-electron chi connectivity index (χ1n) is 6.74. The van der Waals surface area contributed by atoms with Gasteiger partial charge in [-0.15, -0.1) is 0 Å². The van der Waals surface area contributed by atoms with Crippen LogP contribution in [-0.2, 0) is 0 Å². The van der Waals surface area contributed by atoms with Crippen molar-refractivity contribution in [3.63, 3.8) is 0 Å². The van der Waals surface area contributed by atoms with Gasteiger partial charge in [0.15, 0.2) is 17.3 Å². The summed E-state index contributed by atoms with van der Waals surface area (Å²) in [5.41, 5.74) is 0.534. The first kappa shape index (κ1) is 14.2. The first-order valence-corrected chi connectivity index (χ1v) is 7.12. The fourth-order valence-corrected chi connectivity index (χ4v) is 2.23. The minimum absolute atomic E-state index is 0.0648. The van der Waals surface area contributed by atoms with Gasteiger partial charge in [0.05, 0.1) is 18.2 Å². The Morgan fingerprint density at radius 1 is 1.32 bits per heavy atom. The van der Waals surface area contributed by atoms with Gasteiger partial charge < -0.3 is 9.47 Å². The zero-order chi connectivity index (χ0) is 13.8. The van der Waals surface area contributed by atoms with E-state index in [1.165, 1.54) is 0 Å². The molecule has 1 aromatic carbocycles. The molecule has 0 saturated heterocycles. The van der Waals surface area contributed by atoms with Crippen LogP contribution >= 0.6 is 11.6 Å². The van der Waals surface area contributed by atoms with E-state index in [9.17, 15) is 4.79 Å². The van der Waals surface area contributed by atoms with E-state index in [0.29, 0.717) is 47.6 Å². The van der Waals surface area contributed by atoms with E-state index >= 15 is 0 Å². The van der Waals surface area contributed by atoms with Crippen molar-refractivity contribution >= 4 is 17.4 Å². The second kappa shape index (κ2) is 6.29. The smallest absolute Gasteiger partial charge is 0.164 e. The van der Waals surface area contributed by atoms with Gasteiger partial charge in [-0.1, -0.05) is 31.9 Å². The van der Waals surface area contributed by atoms with Crippen LogP contribution in [0.4, 0.5) is 0 Å². The summed E-state index contributed by atoms with van der Waals surface area (Å²) in [6.07, 6.45) is 2.33. The Kier molecular flexibility index (Phi) is 4.70. The molecular formula is C15H19ClO3. The van der Waals surface area contributed by atoms with Crippen LogP contribution in [0.5, 0.6) is 11.5 Å². The van der Waals surface area contributed by atoms with Crippen molar-refractivity contribution in [1.29, 1.82) is 0 Å². The van der Waals surface area contributed by atoms with E-state index in [0.717, 1.165) is 12.8 Å². The highest BCUT2D eigenvalue weighted by molar-refractivity contribution is 6.34. The Morgan fingerprint density at radius 3 is 2.58 bits per heavy atom. The topological polar surface area (TPSA) is 35.5 Å². The lowest BCUT2D eigenvalue weighted by Gasteiger charge is -2.12. The summed E-state index contributed by atoms with van der Waals surface area (Å²) in [4.78, 5) is 12.2. The van der Waals surface area contributed by atoms with Gasteiger partial charge in [0.1, 0.15) is 0 Å². The standard InChI is InChI=1S/C15H19ClO3/c1-3-10(2)7-13(17)11-8-14-15(9-12(11)16)19-6-4-5-18-14/h8-10H,3-7H2,1-2H3. The number of rotatable bonds is 4. The average molecular weight is 283 g/mol. The molecule has 104 valence electrons. The maximum atomic E-state index is 12.2. The van der Waals surface area contributed by atoms with Gasteiger partial charge in [-0.05, 0) is 12.0 Å². The number of carbonyl (C=O) groups excluding carboxylic acids is 1. The van der Waals surface area contributed by atoms with Crippen LogP contribution in [0.3, 0.4) is 0 Å². The molecule has 1 aromatic rings. The molecule has 1 unspecified atom stereocenters. The molecule has 4 heteroatoms. The van der Waals surface area contributed by atoms with Crippen molar-refractivity contribution in [2.75, 3.05) is 13.2 Å². The van der Waals surface area contributed by atoms with Gasteiger partial charge in [-0.25, -0.2) is 0 Å². The molecule has 0 amide bonds. The highest BCUT2D eigenvalue weighted by Gasteiger charge is 2.19. The van der Waals surface area contributed by atoms with Crippen LogP contribution in [0.15, 0.2) is 12.1 Å². The highest BCUT2D eigenvalue weighted by atomic mass is 35.5. The largest absolute Gasteiger partial charge is 0.490 e. The summed E-state index contributed by atoms with van der Waals surface area (Å²) in [7, 11) is 0. The van der Waals surface area contributed by atoms with Crippen molar-refractivity contribution in [2.45, 2.75) is 33.1 Å². The van der Waals surface area contributed by atoms with Gasteiger partial charge in [-0.3, -0.25) is 4.79 Å². The Balaban J connectivity index is 2.26. The molecule has 0 bridgehead atoms. The van der Waals surface area contributed by atoms with Crippen molar-refractivity contribution in [1.82, 2.24) is 0 Å². The molecule has 1 aliphatic rings. The Labute approximate surface area is 118 Å². The molecule has 0 radical (unpaired) electrons. The van der Waals surface area contributed by atoms with Crippen LogP contribution in [0.2, 0.25) is 5.02 Å². The van der Waals surface area contributed by atoms with Crippen LogP contribution in [0.1, 0.15) is 43.5 Å². The molecule has 19 heavy (non-hydrogen) atoms. The molecule has 3 nitrogen and oxygen atoms in total. The molecule has 1 heterocycles. The predicted molar refractivity (Wildman–Crippen MR) is 75.5 cm³/mol. The molecule has 1 atom stereocenters. The van der Waals surface area contributed by atoms with E-state index in [1.54, 1.807) is 12.1 Å². The monoisotopic (exact) mass is 282 g/mol. The summed E-state index contributed by atoms with van der Waals surface area (Å²) in [5.74, 6) is 1.67. The summed E-state index contributed by atoms with van der Waals surface area (Å²) in [5, 5.41) is 0.442. The number of fused-ring (bicyclic) bond motifs is 1. The fraction of sp³-hybridized carbons (Fsp3) is 0.533. The minimum Gasteiger partial charge on any atom is -0.490 e. The predicted octanol–water partition coefficient (Wildman–Crippen LogP) is 4.12. The third-order valence-electron chi connectivity index (χ3n) is 3.37. The lowest BCUT2D eigenvalue weighted by Crippen LogP contribution is -2.06. The summed E-state index contributed by atoms with van der Waals surface area (Å²) < 4.78 is 11.1. The zero-order valence-corrected chi connectivity index (χ0v) is 12.1. The van der Waals surface area contributed by atoms with Crippen LogP contribution < -0.4 is 9.47 Å². The van der Waals surface area contributed by atoms with Crippen molar-refractivity contribution < 1.29 is 14.3 Å². The fourth-order valence-electron chi connectivity index (χ4n) is 1.97. The molecule has 0 aromatic heterocycles. The quantitative estimate of drug-likeness (QED) is 0.779. The average Bonchev–Trinajstić information content (AvgIpc) is 2.62. The Morgan fingerprint density at radius 2 is 1.95 bits per heavy atom. The van der Waals surface area contributed by atoms with Crippen LogP contribution in [0, 0.1) is 5.92 Å². The second-order valence-corrected chi connectivity index (χ2v) is 5.38. The van der Waals surface area contributed by atoms with Gasteiger partial charge in [0, 0.05) is 24.5 Å². The Bertz CT molecular complexity index is 471. The van der Waals surface area contributed by atoms with Gasteiger partial charge >= 0.3 is 0 Å². The first-order chi connectivity index (χ1) is 9.11. The third kappa shape index (κ3) is 3.41. The number of ether oxygens (including phenoxy) is 2. The number of ketones is 1. The van der Waals surface area contributed by atoms with Crippen molar-refractivity contribution in [3.05, 3.63) is 22.7 Å². The SMILES string of the molecule is CCC(C)CC(=O)c1cc2c(cc1Cl)OCCCO2. The number of Topliss-reactive ketones (excluding diaryl/α,β-unsaturated/α-hetero) is 1. The van der Waals surface area contributed by atoms with E-state index < -0.39 is 0 Å². The molecule has 0 saturated carbocycles. The van der Waals surface area contributed by atoms with Gasteiger partial charge in [0.2, 0.25) is 0 Å². The number of benzene rings is 1. The number of carbonyl (C=O) groups is 1. The summed E-state index contributed by atoms with van der Waals surface area (Å²) >= 11 is 6.18. The maximum absolute atomic E-state index is 12.2. The molecule has 0 N–H and O–H groups in total. The van der Waals surface area contributed by atoms with E-state index in [4.69, 9.17) is 21.1 Å². The number of halogens is 1. The lowest BCUT2D eigenvalue weighted by atomic mass is 9.97. The molecule has 2 rings (SSSR count). The molecular weight excluding hydrogens is 264 g/mol. The molecule has 0 fully saturated rings. The zero-order valence-electron chi connectivity index (χ0n) is 11.4. The number of hydrogen-bond acceptors (Lipinski definition) is 3. The highest BCUT2D eigenvalue weighted by Crippen LogP contribution is 2.35. The van der Waals surface area contributed by atoms with E-state index in [2.05, 4.69) is 13.8 Å². The summed E-state index contributed by atoms with van der Waals surface area (Å²) in [6.45, 7) is 5.36. The maximum Gasteiger partial charge on any atom is 0.164 e. The van der Waals surface area contributed by atoms with Crippen molar-refractivity contribution in [2.24, 2.45) is 5.92 Å². The molecule has 0 spiro atoms. The van der Waals surface area contributed by atoms with Crippen LogP contribution in [0.25, 0.3) is 0 Å². The molecule has 1 aliphatic heterocycles. The summed E-state index contributed by atoms with van der Waals surface area (Å²) in [6, 6.07) is 3.40. The third-order valence-corrected chi connectivity index (χ3v) is 3.68. The lowest BCUT2D eigenvalue weighted by molar-refractivity contribution is 0.0963. The second-order valence-electron chi connectivity index (χ2n) is 4.97. The van der Waals surface area contributed by atoms with E-state index in [1.807, 2.05) is 0 Å². The van der Waals surface area contributed by atoms with Crippen LogP contribution in [-0.4, -0.2) is 19.0 Å². The van der Waals surface area contributed by atoms with E-state index in [-0.39, 0.29) is 5.78 Å². The van der Waals surface area contributed by atoms with Gasteiger partial charge in [0.25, 0.3) is 0 Å². The minimum atomic E-state index is 0.0648.